The first kappa shape index (κ1) is 45.1. The van der Waals surface area contributed by atoms with Crippen molar-refractivity contribution in [3.8, 4) is 0 Å². The van der Waals surface area contributed by atoms with Crippen LogP contribution in [0.1, 0.15) is 118 Å². The number of methoxy groups -OCH3 is 1. The van der Waals surface area contributed by atoms with Crippen LogP contribution in [0.15, 0.2) is 47.0 Å². The first-order chi connectivity index (χ1) is 31.1. The second kappa shape index (κ2) is 15.6. The number of aliphatic hydroxyl groups is 3. The smallest absolute Gasteiger partial charge is 0.184 e. The van der Waals surface area contributed by atoms with Gasteiger partial charge < -0.3 is 43.7 Å². The Morgan fingerprint density at radius 2 is 1.12 bits per heavy atom. The predicted octanol–water partition coefficient (Wildman–Crippen LogP) is 8.56. The summed E-state index contributed by atoms with van der Waals surface area (Å²) in [6.07, 6.45) is 19.2. The van der Waals surface area contributed by atoms with Gasteiger partial charge in [-0.2, -0.15) is 0 Å². The molecule has 4 heterocycles. The molecule has 0 amide bonds. The fourth-order valence-corrected chi connectivity index (χ4v) is 19.9. The van der Waals surface area contributed by atoms with Crippen LogP contribution in [0.5, 0.6) is 0 Å². The highest BCUT2D eigenvalue weighted by atomic mass is 16.7. The van der Waals surface area contributed by atoms with Crippen molar-refractivity contribution in [2.24, 2.45) is 78.8 Å². The van der Waals surface area contributed by atoms with Crippen molar-refractivity contribution in [1.82, 2.24) is 0 Å². The third kappa shape index (κ3) is 5.84. The Labute approximate surface area is 386 Å². The summed E-state index contributed by atoms with van der Waals surface area (Å²) in [6.45, 7) is 16.4. The topological polar surface area (TPSA) is 150 Å². The van der Waals surface area contributed by atoms with E-state index in [9.17, 15) is 24.9 Å². The average molecular weight is 901 g/mol. The fourth-order valence-electron chi connectivity index (χ4n) is 19.9. The second-order valence-corrected chi connectivity index (χ2v) is 24.5. The summed E-state index contributed by atoms with van der Waals surface area (Å²) in [4.78, 5) is 25.0. The molecule has 0 aromatic heterocycles. The van der Waals surface area contributed by atoms with E-state index in [0.29, 0.717) is 53.6 Å². The highest BCUT2D eigenvalue weighted by molar-refractivity contribution is 6.06. The van der Waals surface area contributed by atoms with Crippen LogP contribution in [0.3, 0.4) is 0 Å². The molecule has 0 aromatic rings. The lowest BCUT2D eigenvalue weighted by atomic mass is 9.42. The molecule has 16 atom stereocenters. The summed E-state index contributed by atoms with van der Waals surface area (Å²) >= 11 is 0. The zero-order valence-electron chi connectivity index (χ0n) is 39.8. The van der Waals surface area contributed by atoms with Crippen LogP contribution in [-0.2, 0) is 38.0 Å². The number of rotatable bonds is 3. The molecule has 3 N–H and O–H groups in total. The number of carbonyl (C=O) groups is 2. The maximum absolute atomic E-state index is 12.6. The summed E-state index contributed by atoms with van der Waals surface area (Å²) in [5.74, 6) is 2.50. The molecule has 12 rings (SSSR count). The summed E-state index contributed by atoms with van der Waals surface area (Å²) in [5.41, 5.74) is 3.66. The van der Waals surface area contributed by atoms with Gasteiger partial charge in [-0.25, -0.2) is 0 Å². The van der Waals surface area contributed by atoms with Gasteiger partial charge in [-0.05, 0) is 159 Å². The van der Waals surface area contributed by atoms with Crippen molar-refractivity contribution in [1.29, 1.82) is 0 Å². The lowest BCUT2D eigenvalue weighted by Gasteiger charge is -2.63. The normalized spacial score (nSPS) is 52.9. The molecule has 10 fully saturated rings. The largest absolute Gasteiger partial charge is 0.515 e. The first-order valence-electron chi connectivity index (χ1n) is 25.4. The summed E-state index contributed by atoms with van der Waals surface area (Å²) in [5, 5.41) is 31.3. The Morgan fingerprint density at radius 1 is 0.646 bits per heavy atom. The molecule has 0 bridgehead atoms. The van der Waals surface area contributed by atoms with Crippen molar-refractivity contribution >= 4 is 11.6 Å². The van der Waals surface area contributed by atoms with Gasteiger partial charge in [-0.15, -0.1) is 0 Å². The number of fused-ring (bicyclic) bond motifs is 14. The highest BCUT2D eigenvalue weighted by Crippen LogP contribution is 2.78. The molecular formula is C54H76O11. The highest BCUT2D eigenvalue weighted by Gasteiger charge is 2.75. The van der Waals surface area contributed by atoms with Crippen molar-refractivity contribution < 1.29 is 53.3 Å². The van der Waals surface area contributed by atoms with Crippen molar-refractivity contribution in [2.75, 3.05) is 66.8 Å². The molecule has 0 aromatic carbocycles. The molecule has 65 heavy (non-hydrogen) atoms. The Kier molecular flexibility index (Phi) is 10.8. The molecule has 11 heteroatoms. The van der Waals surface area contributed by atoms with Crippen LogP contribution in [0.2, 0.25) is 0 Å². The number of allylic oxidation sites excluding steroid dienone is 4. The third-order valence-corrected chi connectivity index (χ3v) is 22.8. The third-order valence-electron chi connectivity index (χ3n) is 22.8. The first-order valence-corrected chi connectivity index (χ1v) is 25.4. The molecule has 8 unspecified atom stereocenters. The van der Waals surface area contributed by atoms with E-state index >= 15 is 0 Å². The van der Waals surface area contributed by atoms with E-state index in [-0.39, 0.29) is 73.7 Å². The number of ether oxygens (including phenoxy) is 6. The van der Waals surface area contributed by atoms with Crippen LogP contribution in [0.4, 0.5) is 0 Å². The minimum atomic E-state index is -0.400. The molecule has 0 radical (unpaired) electrons. The Morgan fingerprint density at radius 3 is 1.60 bits per heavy atom. The maximum Gasteiger partial charge on any atom is 0.184 e. The molecule has 4 spiro atoms. The molecule has 4 aliphatic heterocycles. The van der Waals surface area contributed by atoms with Crippen molar-refractivity contribution in [2.45, 2.75) is 130 Å². The van der Waals surface area contributed by atoms with Crippen LogP contribution in [0.25, 0.3) is 0 Å². The molecule has 8 aliphatic carbocycles. The van der Waals surface area contributed by atoms with E-state index in [0.717, 1.165) is 117 Å². The summed E-state index contributed by atoms with van der Waals surface area (Å²) in [6, 6.07) is 0. The van der Waals surface area contributed by atoms with Gasteiger partial charge in [-0.1, -0.05) is 38.8 Å². The number of aliphatic hydroxyl groups excluding tert-OH is 3. The second-order valence-electron chi connectivity index (χ2n) is 24.5. The van der Waals surface area contributed by atoms with Gasteiger partial charge in [0.15, 0.2) is 11.6 Å². The predicted molar refractivity (Wildman–Crippen MR) is 241 cm³/mol. The quantitative estimate of drug-likeness (QED) is 0.142. The van der Waals surface area contributed by atoms with Gasteiger partial charge in [-0.3, -0.25) is 9.59 Å². The van der Waals surface area contributed by atoms with Gasteiger partial charge >= 0.3 is 0 Å². The number of hydrogen-bond donors (Lipinski definition) is 3. The monoisotopic (exact) mass is 901 g/mol. The lowest BCUT2D eigenvalue weighted by molar-refractivity contribution is -0.201. The van der Waals surface area contributed by atoms with Crippen molar-refractivity contribution in [3.63, 3.8) is 0 Å². The molecule has 6 saturated carbocycles. The van der Waals surface area contributed by atoms with Gasteiger partial charge in [0.05, 0.1) is 64.4 Å². The van der Waals surface area contributed by atoms with Crippen LogP contribution < -0.4 is 0 Å². The Hall–Kier alpha value is -2.38. The SMILES string of the molecule is COCO[C@H]1C[C@@]2(C)C(CC[C@@]23COCC32CCOC2)C2CCC3=CC(=O)/C(=C\O)C[C@]3(C)C21.C[C@]12C/C(=C/O)C(=O)C=C1CCC1C2[C@@H](O)C[C@@]2(C)C1CC[C@@]21COCC12CCOC2. The van der Waals surface area contributed by atoms with Gasteiger partial charge in [0.25, 0.3) is 0 Å². The molecule has 11 nitrogen and oxygen atoms in total. The van der Waals surface area contributed by atoms with Crippen LogP contribution >= 0.6 is 0 Å². The number of hydrogen-bond acceptors (Lipinski definition) is 11. The van der Waals surface area contributed by atoms with E-state index in [1.54, 1.807) is 13.2 Å². The number of carbonyl (C=O) groups excluding carboxylic acids is 2. The molecule has 12 aliphatic rings. The maximum atomic E-state index is 12.6. The Balaban J connectivity index is 0.000000145. The zero-order chi connectivity index (χ0) is 45.4. The van der Waals surface area contributed by atoms with E-state index < -0.39 is 6.10 Å². The number of ketones is 2. The summed E-state index contributed by atoms with van der Waals surface area (Å²) in [7, 11) is 1.69. The van der Waals surface area contributed by atoms with Crippen LogP contribution in [0, 0.1) is 78.8 Å². The van der Waals surface area contributed by atoms with Gasteiger partial charge in [0, 0.05) is 53.1 Å². The van der Waals surface area contributed by atoms with E-state index in [1.807, 2.05) is 6.08 Å². The average Bonchev–Trinajstić information content (AvgIpc) is 4.16. The minimum Gasteiger partial charge on any atom is -0.515 e. The Bertz CT molecular complexity index is 2070. The van der Waals surface area contributed by atoms with Gasteiger partial charge in [0.2, 0.25) is 0 Å². The summed E-state index contributed by atoms with van der Waals surface area (Å²) < 4.78 is 36.4. The lowest BCUT2D eigenvalue weighted by Crippen LogP contribution is -2.61. The van der Waals surface area contributed by atoms with Gasteiger partial charge in [0.1, 0.15) is 6.79 Å². The molecular weight excluding hydrogens is 825 g/mol. The minimum absolute atomic E-state index is 0.0328. The molecule has 358 valence electrons. The van der Waals surface area contributed by atoms with Crippen LogP contribution in [-0.4, -0.2) is 106 Å². The zero-order valence-corrected chi connectivity index (χ0v) is 39.8. The fraction of sp³-hybridized carbons (Fsp3) is 0.815. The standard InChI is InChI=1S/C28H40O6.C26H36O5/c1-25-11-18(13-29)22(30)10-19(25)4-5-20-21-6-7-28(16-33-15-27(28)8-9-32-14-27)26(21,2)12-23(24(20)25)34-17-31-3;1-23-10-16(12-27)20(28)9-17(23)3-4-18-19-5-6-26(24(19,2)11-21(29)22(18)23)15-31-14-25(26)7-8-30-13-25/h10,13,20-21,23-24,29H,4-9,11-12,14-17H2,1-3H3;9,12,18-19,21-22,27,29H,3-8,10-11,13-15H2,1-2H3/b18-13-;16-12-/t20?,21?,23-,24?,25-,26-,27?,28+;18?,19?,21-,22?,23-,24-,25?,26+/m00/s1. The van der Waals surface area contributed by atoms with E-state index in [2.05, 4.69) is 27.7 Å². The van der Waals surface area contributed by atoms with E-state index in [4.69, 9.17) is 28.4 Å². The molecule has 4 saturated heterocycles. The van der Waals surface area contributed by atoms with Crippen molar-refractivity contribution in [3.05, 3.63) is 47.0 Å². The van der Waals surface area contributed by atoms with E-state index in [1.165, 1.54) is 36.8 Å².